The standard InChI is InChI=1S/C20H33N3O4/c1-21-9-11-22(12-10-21)18-7-8-23(14-16(18)4-3-13-24)20(25)19-6-5-17(27-19)15-26-2/h5-6,16,18,24H,3-4,7-15H2,1-2H3. The molecule has 152 valence electrons. The summed E-state index contributed by atoms with van der Waals surface area (Å²) in [5, 5.41) is 9.31. The number of hydrogen-bond donors (Lipinski definition) is 1. The lowest BCUT2D eigenvalue weighted by Crippen LogP contribution is -2.56. The van der Waals surface area contributed by atoms with E-state index >= 15 is 0 Å². The monoisotopic (exact) mass is 379 g/mol. The fraction of sp³-hybridized carbons (Fsp3) is 0.750. The topological polar surface area (TPSA) is 69.4 Å². The van der Waals surface area contributed by atoms with Crippen LogP contribution in [0.2, 0.25) is 0 Å². The van der Waals surface area contributed by atoms with Gasteiger partial charge in [-0.25, -0.2) is 0 Å². The van der Waals surface area contributed by atoms with E-state index in [1.54, 1.807) is 19.2 Å². The number of furan rings is 1. The summed E-state index contributed by atoms with van der Waals surface area (Å²) >= 11 is 0. The SMILES string of the molecule is COCc1ccc(C(=O)N2CCC(N3CCN(C)CC3)C(CCCO)C2)o1. The van der Waals surface area contributed by atoms with Gasteiger partial charge in [0.05, 0.1) is 0 Å². The number of ether oxygens (including phenoxy) is 1. The zero-order valence-corrected chi connectivity index (χ0v) is 16.6. The molecular formula is C20H33N3O4. The molecule has 0 radical (unpaired) electrons. The van der Waals surface area contributed by atoms with E-state index in [4.69, 9.17) is 9.15 Å². The van der Waals surface area contributed by atoms with Gasteiger partial charge in [-0.1, -0.05) is 0 Å². The van der Waals surface area contributed by atoms with Gasteiger partial charge in [-0.3, -0.25) is 9.69 Å². The molecule has 7 heteroatoms. The minimum absolute atomic E-state index is 0.0387. The van der Waals surface area contributed by atoms with E-state index < -0.39 is 0 Å². The molecular weight excluding hydrogens is 346 g/mol. The first kappa shape index (κ1) is 20.3. The van der Waals surface area contributed by atoms with E-state index in [1.165, 1.54) is 0 Å². The van der Waals surface area contributed by atoms with Crippen molar-refractivity contribution in [1.29, 1.82) is 0 Å². The predicted molar refractivity (Wildman–Crippen MR) is 103 cm³/mol. The fourth-order valence-corrected chi connectivity index (χ4v) is 4.34. The summed E-state index contributed by atoms with van der Waals surface area (Å²) in [6, 6.07) is 4.04. The van der Waals surface area contributed by atoms with Crippen LogP contribution in [0.4, 0.5) is 0 Å². The number of piperidine rings is 1. The van der Waals surface area contributed by atoms with Crippen LogP contribution in [0.15, 0.2) is 16.5 Å². The molecule has 2 fully saturated rings. The lowest BCUT2D eigenvalue weighted by molar-refractivity contribution is 0.0203. The molecule has 0 aliphatic carbocycles. The lowest BCUT2D eigenvalue weighted by atomic mass is 9.86. The van der Waals surface area contributed by atoms with Gasteiger partial charge in [0.2, 0.25) is 0 Å². The summed E-state index contributed by atoms with van der Waals surface area (Å²) in [6.45, 7) is 6.44. The number of aliphatic hydroxyl groups is 1. The van der Waals surface area contributed by atoms with Crippen LogP contribution in [0.5, 0.6) is 0 Å². The minimum atomic E-state index is -0.0387. The molecule has 27 heavy (non-hydrogen) atoms. The number of likely N-dealkylation sites (N-methyl/N-ethyl adjacent to an activating group) is 1. The molecule has 3 heterocycles. The molecule has 2 aliphatic rings. The maximum Gasteiger partial charge on any atom is 0.289 e. The number of nitrogens with zero attached hydrogens (tertiary/aromatic N) is 3. The smallest absolute Gasteiger partial charge is 0.289 e. The van der Waals surface area contributed by atoms with Crippen molar-refractivity contribution in [2.45, 2.75) is 31.9 Å². The van der Waals surface area contributed by atoms with Gasteiger partial charge in [0, 0.05) is 59.0 Å². The number of piperazine rings is 1. The van der Waals surface area contributed by atoms with Crippen molar-refractivity contribution >= 4 is 5.91 Å². The van der Waals surface area contributed by atoms with Crippen molar-refractivity contribution in [3.8, 4) is 0 Å². The second-order valence-electron chi connectivity index (χ2n) is 7.77. The summed E-state index contributed by atoms with van der Waals surface area (Å²) in [4.78, 5) is 19.8. The number of aliphatic hydroxyl groups excluding tert-OH is 1. The minimum Gasteiger partial charge on any atom is -0.453 e. The lowest BCUT2D eigenvalue weighted by Gasteiger charge is -2.46. The van der Waals surface area contributed by atoms with Gasteiger partial charge in [0.25, 0.3) is 5.91 Å². The van der Waals surface area contributed by atoms with Gasteiger partial charge in [-0.05, 0) is 44.4 Å². The van der Waals surface area contributed by atoms with Crippen LogP contribution in [0.1, 0.15) is 35.6 Å². The summed E-state index contributed by atoms with van der Waals surface area (Å²) in [5.41, 5.74) is 0. The predicted octanol–water partition coefficient (Wildman–Crippen LogP) is 1.28. The average Bonchev–Trinajstić information content (AvgIpc) is 3.15. The summed E-state index contributed by atoms with van der Waals surface area (Å²) in [5.74, 6) is 1.42. The van der Waals surface area contributed by atoms with Gasteiger partial charge in [0.1, 0.15) is 12.4 Å². The second-order valence-corrected chi connectivity index (χ2v) is 7.77. The van der Waals surface area contributed by atoms with Crippen LogP contribution < -0.4 is 0 Å². The number of hydrogen-bond acceptors (Lipinski definition) is 6. The number of carbonyl (C=O) groups excluding carboxylic acids is 1. The van der Waals surface area contributed by atoms with E-state index in [0.717, 1.165) is 58.5 Å². The number of amides is 1. The third kappa shape index (κ3) is 5.10. The second kappa shape index (κ2) is 9.68. The first-order chi connectivity index (χ1) is 13.1. The maximum atomic E-state index is 12.9. The molecule has 1 aromatic rings. The molecule has 2 unspecified atom stereocenters. The van der Waals surface area contributed by atoms with Crippen molar-refractivity contribution < 1.29 is 19.1 Å². The fourth-order valence-electron chi connectivity index (χ4n) is 4.34. The van der Waals surface area contributed by atoms with Crippen LogP contribution in [-0.4, -0.2) is 91.8 Å². The molecule has 0 bridgehead atoms. The van der Waals surface area contributed by atoms with Crippen LogP contribution in [0.25, 0.3) is 0 Å². The van der Waals surface area contributed by atoms with Crippen molar-refractivity contribution in [3.63, 3.8) is 0 Å². The largest absolute Gasteiger partial charge is 0.453 e. The van der Waals surface area contributed by atoms with Crippen LogP contribution >= 0.6 is 0 Å². The highest BCUT2D eigenvalue weighted by Crippen LogP contribution is 2.28. The zero-order valence-electron chi connectivity index (χ0n) is 16.6. The Hall–Kier alpha value is -1.41. The highest BCUT2D eigenvalue weighted by molar-refractivity contribution is 5.91. The van der Waals surface area contributed by atoms with Gasteiger partial charge in [0.15, 0.2) is 5.76 Å². The highest BCUT2D eigenvalue weighted by atomic mass is 16.5. The normalized spacial score (nSPS) is 25.1. The number of likely N-dealkylation sites (tertiary alicyclic amines) is 1. The van der Waals surface area contributed by atoms with E-state index in [9.17, 15) is 9.90 Å². The van der Waals surface area contributed by atoms with Gasteiger partial charge in [-0.15, -0.1) is 0 Å². The average molecular weight is 380 g/mol. The van der Waals surface area contributed by atoms with E-state index in [0.29, 0.717) is 30.1 Å². The molecule has 2 aliphatic heterocycles. The van der Waals surface area contributed by atoms with E-state index in [1.807, 2.05) is 4.90 Å². The van der Waals surface area contributed by atoms with Crippen LogP contribution in [0.3, 0.4) is 0 Å². The molecule has 1 N–H and O–H groups in total. The van der Waals surface area contributed by atoms with E-state index in [-0.39, 0.29) is 12.5 Å². The molecule has 3 rings (SSSR count). The molecule has 7 nitrogen and oxygen atoms in total. The Labute approximate surface area is 161 Å². The Morgan fingerprint density at radius 3 is 2.74 bits per heavy atom. The quantitative estimate of drug-likeness (QED) is 0.770. The van der Waals surface area contributed by atoms with Crippen molar-refractivity contribution in [3.05, 3.63) is 23.7 Å². The first-order valence-corrected chi connectivity index (χ1v) is 10.0. The first-order valence-electron chi connectivity index (χ1n) is 10.0. The summed E-state index contributed by atoms with van der Waals surface area (Å²) < 4.78 is 10.7. The highest BCUT2D eigenvalue weighted by Gasteiger charge is 2.36. The molecule has 0 spiro atoms. The third-order valence-corrected chi connectivity index (χ3v) is 5.88. The Kier molecular flexibility index (Phi) is 7.29. The Morgan fingerprint density at radius 2 is 2.04 bits per heavy atom. The Balaban J connectivity index is 1.64. The maximum absolute atomic E-state index is 12.9. The summed E-state index contributed by atoms with van der Waals surface area (Å²) in [6.07, 6.45) is 2.72. The number of methoxy groups -OCH3 is 1. The van der Waals surface area contributed by atoms with Crippen molar-refractivity contribution in [1.82, 2.24) is 14.7 Å². The molecule has 1 aromatic heterocycles. The molecule has 0 aromatic carbocycles. The zero-order chi connectivity index (χ0) is 19.2. The third-order valence-electron chi connectivity index (χ3n) is 5.88. The molecule has 0 saturated carbocycles. The number of rotatable bonds is 7. The Morgan fingerprint density at radius 1 is 1.26 bits per heavy atom. The summed E-state index contributed by atoms with van der Waals surface area (Å²) in [7, 11) is 3.78. The van der Waals surface area contributed by atoms with Gasteiger partial charge in [-0.2, -0.15) is 0 Å². The van der Waals surface area contributed by atoms with E-state index in [2.05, 4.69) is 16.8 Å². The molecule has 2 atom stereocenters. The van der Waals surface area contributed by atoms with Gasteiger partial charge >= 0.3 is 0 Å². The van der Waals surface area contributed by atoms with Crippen molar-refractivity contribution in [2.75, 3.05) is 60.0 Å². The Bertz CT molecular complexity index is 598. The molecule has 1 amide bonds. The molecule has 2 saturated heterocycles. The van der Waals surface area contributed by atoms with Crippen LogP contribution in [0, 0.1) is 5.92 Å². The van der Waals surface area contributed by atoms with Crippen molar-refractivity contribution in [2.24, 2.45) is 5.92 Å². The van der Waals surface area contributed by atoms with Crippen LogP contribution in [-0.2, 0) is 11.3 Å². The number of carbonyl (C=O) groups is 1. The van der Waals surface area contributed by atoms with Gasteiger partial charge < -0.3 is 24.1 Å².